The molecule has 2 amide bonds. The molecular weight excluding hydrogens is 574 g/mol. The van der Waals surface area contributed by atoms with Gasteiger partial charge in [-0.3, -0.25) is 9.59 Å². The second kappa shape index (κ2) is 13.8. The van der Waals surface area contributed by atoms with Crippen LogP contribution in [0.1, 0.15) is 26.3 Å². The van der Waals surface area contributed by atoms with Crippen molar-refractivity contribution in [1.29, 1.82) is 0 Å². The molecule has 0 aliphatic rings. The summed E-state index contributed by atoms with van der Waals surface area (Å²) in [6, 6.07) is 14.5. The molecular formula is C27H26BrN3O8. The number of hydrogen-bond donors (Lipinski definition) is 2. The first-order chi connectivity index (χ1) is 18.8. The van der Waals surface area contributed by atoms with Gasteiger partial charge in [0, 0.05) is 10.0 Å². The average molecular weight is 600 g/mol. The zero-order valence-corrected chi connectivity index (χ0v) is 23.2. The number of methoxy groups -OCH3 is 4. The minimum atomic E-state index is -0.557. The highest BCUT2D eigenvalue weighted by atomic mass is 79.9. The molecule has 0 atom stereocenters. The van der Waals surface area contributed by atoms with Crippen LogP contribution in [0.4, 0.5) is 0 Å². The number of nitrogens with zero attached hydrogens (tertiary/aromatic N) is 1. The Hall–Kier alpha value is -4.58. The number of hydrogen-bond acceptors (Lipinski definition) is 9. The monoisotopic (exact) mass is 599 g/mol. The summed E-state index contributed by atoms with van der Waals surface area (Å²) in [5, 5.41) is 6.39. The molecule has 0 saturated carbocycles. The molecule has 12 heteroatoms. The van der Waals surface area contributed by atoms with Crippen molar-refractivity contribution in [3.8, 4) is 28.7 Å². The van der Waals surface area contributed by atoms with Crippen LogP contribution in [0.5, 0.6) is 28.7 Å². The number of ether oxygens (including phenoxy) is 5. The summed E-state index contributed by atoms with van der Waals surface area (Å²) in [4.78, 5) is 37.2. The molecule has 0 fully saturated rings. The summed E-state index contributed by atoms with van der Waals surface area (Å²) in [6.07, 6.45) is 1.38. The van der Waals surface area contributed by atoms with Crippen LogP contribution >= 0.6 is 15.9 Å². The molecule has 0 spiro atoms. The van der Waals surface area contributed by atoms with Crippen molar-refractivity contribution in [3.63, 3.8) is 0 Å². The van der Waals surface area contributed by atoms with E-state index in [4.69, 9.17) is 23.7 Å². The molecule has 0 unspecified atom stereocenters. The van der Waals surface area contributed by atoms with E-state index in [-0.39, 0.29) is 17.9 Å². The van der Waals surface area contributed by atoms with E-state index in [1.807, 2.05) is 0 Å². The number of halogens is 1. The van der Waals surface area contributed by atoms with Crippen molar-refractivity contribution in [2.24, 2.45) is 5.10 Å². The third-order valence-corrected chi connectivity index (χ3v) is 5.68. The van der Waals surface area contributed by atoms with Gasteiger partial charge < -0.3 is 29.0 Å². The molecule has 0 aromatic heterocycles. The number of benzene rings is 3. The molecule has 2 N–H and O–H groups in total. The highest BCUT2D eigenvalue weighted by Gasteiger charge is 2.17. The first-order valence-electron chi connectivity index (χ1n) is 11.4. The molecule has 0 heterocycles. The van der Waals surface area contributed by atoms with E-state index in [0.717, 1.165) is 4.47 Å². The zero-order chi connectivity index (χ0) is 28.4. The normalized spacial score (nSPS) is 10.5. The van der Waals surface area contributed by atoms with Crippen molar-refractivity contribution in [2.75, 3.05) is 35.0 Å². The summed E-state index contributed by atoms with van der Waals surface area (Å²) in [6.45, 7) is -0.333. The third kappa shape index (κ3) is 7.71. The topological polar surface area (TPSA) is 134 Å². The maximum atomic E-state index is 12.5. The van der Waals surface area contributed by atoms with Crippen LogP contribution in [-0.4, -0.2) is 59.0 Å². The standard InChI is InChI=1S/C27H26BrN3O8/c1-35-21-10-16(8-9-20(21)39-27(34)17-6-5-7-19(28)11-17)14-30-31-24(32)15-29-26(33)18-12-22(36-2)25(38-4)23(13-18)37-3/h5-14H,15H2,1-4H3,(H,29,33)(H,31,32). The summed E-state index contributed by atoms with van der Waals surface area (Å²) in [5.74, 6) is -0.150. The Morgan fingerprint density at radius 2 is 1.51 bits per heavy atom. The Kier molecular flexibility index (Phi) is 10.3. The largest absolute Gasteiger partial charge is 0.493 e. The highest BCUT2D eigenvalue weighted by Crippen LogP contribution is 2.38. The number of carbonyl (C=O) groups excluding carboxylic acids is 3. The lowest BCUT2D eigenvalue weighted by molar-refractivity contribution is -0.120. The van der Waals surface area contributed by atoms with Crippen LogP contribution in [0.3, 0.4) is 0 Å². The van der Waals surface area contributed by atoms with E-state index >= 15 is 0 Å². The Labute approximate surface area is 233 Å². The third-order valence-electron chi connectivity index (χ3n) is 5.19. The summed E-state index contributed by atoms with van der Waals surface area (Å²) in [5.41, 5.74) is 3.48. The Morgan fingerprint density at radius 1 is 0.821 bits per heavy atom. The van der Waals surface area contributed by atoms with Crippen LogP contribution in [-0.2, 0) is 4.79 Å². The first kappa shape index (κ1) is 29.0. The number of hydrazone groups is 1. The summed E-state index contributed by atoms with van der Waals surface area (Å²) >= 11 is 3.32. The fraction of sp³-hybridized carbons (Fsp3) is 0.185. The molecule has 0 bridgehead atoms. The van der Waals surface area contributed by atoms with E-state index in [0.29, 0.717) is 34.1 Å². The maximum Gasteiger partial charge on any atom is 0.343 e. The van der Waals surface area contributed by atoms with Crippen LogP contribution in [0.25, 0.3) is 0 Å². The van der Waals surface area contributed by atoms with Crippen molar-refractivity contribution in [2.45, 2.75) is 0 Å². The van der Waals surface area contributed by atoms with Gasteiger partial charge in [0.05, 0.1) is 46.8 Å². The highest BCUT2D eigenvalue weighted by molar-refractivity contribution is 9.10. The molecule has 204 valence electrons. The molecule has 3 rings (SSSR count). The molecule has 3 aromatic rings. The van der Waals surface area contributed by atoms with Gasteiger partial charge in [0.25, 0.3) is 11.8 Å². The Morgan fingerprint density at radius 3 is 2.13 bits per heavy atom. The average Bonchev–Trinajstić information content (AvgIpc) is 2.95. The van der Waals surface area contributed by atoms with E-state index in [1.165, 1.54) is 46.8 Å². The van der Waals surface area contributed by atoms with Gasteiger partial charge in [0.2, 0.25) is 5.75 Å². The molecule has 0 saturated heterocycles. The van der Waals surface area contributed by atoms with Gasteiger partial charge >= 0.3 is 5.97 Å². The first-order valence-corrected chi connectivity index (χ1v) is 12.1. The lowest BCUT2D eigenvalue weighted by atomic mass is 10.1. The number of amides is 2. The van der Waals surface area contributed by atoms with Gasteiger partial charge in [-0.25, -0.2) is 10.2 Å². The minimum Gasteiger partial charge on any atom is -0.493 e. The van der Waals surface area contributed by atoms with Crippen LogP contribution in [0, 0.1) is 0 Å². The molecule has 0 radical (unpaired) electrons. The molecule has 0 aliphatic heterocycles. The van der Waals surface area contributed by atoms with Gasteiger partial charge in [0.15, 0.2) is 23.0 Å². The van der Waals surface area contributed by atoms with Crippen molar-refractivity contribution in [1.82, 2.24) is 10.7 Å². The van der Waals surface area contributed by atoms with Crippen LogP contribution in [0.2, 0.25) is 0 Å². The van der Waals surface area contributed by atoms with Crippen molar-refractivity contribution in [3.05, 3.63) is 75.8 Å². The van der Waals surface area contributed by atoms with Crippen molar-refractivity contribution < 1.29 is 38.1 Å². The van der Waals surface area contributed by atoms with Gasteiger partial charge in [-0.05, 0) is 54.1 Å². The second-order valence-electron chi connectivity index (χ2n) is 7.70. The molecule has 11 nitrogen and oxygen atoms in total. The zero-order valence-electron chi connectivity index (χ0n) is 21.6. The molecule has 39 heavy (non-hydrogen) atoms. The molecule has 3 aromatic carbocycles. The Balaban J connectivity index is 1.57. The second-order valence-corrected chi connectivity index (χ2v) is 8.62. The van der Waals surface area contributed by atoms with Gasteiger partial charge in [0.1, 0.15) is 0 Å². The number of esters is 1. The van der Waals surface area contributed by atoms with E-state index in [9.17, 15) is 14.4 Å². The quantitative estimate of drug-likeness (QED) is 0.148. The smallest absolute Gasteiger partial charge is 0.343 e. The van der Waals surface area contributed by atoms with E-state index in [2.05, 4.69) is 31.8 Å². The predicted molar refractivity (Wildman–Crippen MR) is 146 cm³/mol. The van der Waals surface area contributed by atoms with Gasteiger partial charge in [-0.1, -0.05) is 22.0 Å². The number of carbonyl (C=O) groups is 3. The fourth-order valence-corrected chi connectivity index (χ4v) is 3.72. The predicted octanol–water partition coefficient (Wildman–Crippen LogP) is 3.58. The lowest BCUT2D eigenvalue weighted by Crippen LogP contribution is -2.34. The van der Waals surface area contributed by atoms with Crippen LogP contribution < -0.4 is 34.4 Å². The molecule has 0 aliphatic carbocycles. The Bertz CT molecular complexity index is 1370. The fourth-order valence-electron chi connectivity index (χ4n) is 3.32. The van der Waals surface area contributed by atoms with E-state index < -0.39 is 17.8 Å². The van der Waals surface area contributed by atoms with Gasteiger partial charge in [-0.15, -0.1) is 0 Å². The van der Waals surface area contributed by atoms with Crippen LogP contribution in [0.15, 0.2) is 64.2 Å². The SMILES string of the molecule is COc1cc(C=NNC(=O)CNC(=O)c2cc(OC)c(OC)c(OC)c2)ccc1OC(=O)c1cccc(Br)c1. The number of rotatable bonds is 11. The van der Waals surface area contributed by atoms with Gasteiger partial charge in [-0.2, -0.15) is 5.10 Å². The minimum absolute atomic E-state index is 0.216. The number of nitrogens with one attached hydrogen (secondary N) is 2. The summed E-state index contributed by atoms with van der Waals surface area (Å²) in [7, 11) is 5.76. The maximum absolute atomic E-state index is 12.5. The summed E-state index contributed by atoms with van der Waals surface area (Å²) < 4.78 is 27.2. The van der Waals surface area contributed by atoms with Crippen molar-refractivity contribution >= 4 is 39.9 Å². The lowest BCUT2D eigenvalue weighted by Gasteiger charge is -2.14. The van der Waals surface area contributed by atoms with E-state index in [1.54, 1.807) is 42.5 Å².